The van der Waals surface area contributed by atoms with E-state index in [0.29, 0.717) is 16.6 Å². The maximum Gasteiger partial charge on any atom is 0.274 e. The molecule has 0 bridgehead atoms. The standard InChI is InChI=1S/C27H26N4O2/c1-30-27(33)22-13-7-6-12-21(22)25(29-30)20-14-15-24(31-16-8-3-9-17-31)23(18-20)28-26(32)19-10-4-2-5-11-19/h2,4-7,10-15,18H,3,8-9,16-17H2,1H3,(H,28,32). The van der Waals surface area contributed by atoms with Gasteiger partial charge in [-0.3, -0.25) is 9.59 Å². The quantitative estimate of drug-likeness (QED) is 0.495. The number of hydrogen-bond donors (Lipinski definition) is 1. The third kappa shape index (κ3) is 4.12. The molecule has 1 aliphatic heterocycles. The number of rotatable bonds is 4. The fraction of sp³-hybridized carbons (Fsp3) is 0.222. The van der Waals surface area contributed by atoms with E-state index in [1.54, 1.807) is 7.05 Å². The normalized spacial score (nSPS) is 13.8. The number of nitrogens with zero attached hydrogens (tertiary/aromatic N) is 3. The van der Waals surface area contributed by atoms with Crippen molar-refractivity contribution in [3.8, 4) is 11.3 Å². The Balaban J connectivity index is 1.62. The number of hydrogen-bond acceptors (Lipinski definition) is 4. The van der Waals surface area contributed by atoms with Crippen molar-refractivity contribution < 1.29 is 4.79 Å². The van der Waals surface area contributed by atoms with E-state index >= 15 is 0 Å². The van der Waals surface area contributed by atoms with E-state index in [0.717, 1.165) is 48.3 Å². The summed E-state index contributed by atoms with van der Waals surface area (Å²) in [6.45, 7) is 1.93. The number of amides is 1. The van der Waals surface area contributed by atoms with Crippen LogP contribution in [-0.2, 0) is 7.05 Å². The van der Waals surface area contributed by atoms with Crippen LogP contribution in [-0.4, -0.2) is 28.8 Å². The van der Waals surface area contributed by atoms with Gasteiger partial charge < -0.3 is 10.2 Å². The lowest BCUT2D eigenvalue weighted by Gasteiger charge is -2.31. The third-order valence-electron chi connectivity index (χ3n) is 6.21. The predicted molar refractivity (Wildman–Crippen MR) is 133 cm³/mol. The highest BCUT2D eigenvalue weighted by Gasteiger charge is 2.19. The summed E-state index contributed by atoms with van der Waals surface area (Å²) in [6, 6.07) is 22.8. The molecular weight excluding hydrogens is 412 g/mol. The zero-order valence-corrected chi connectivity index (χ0v) is 18.6. The molecule has 1 amide bonds. The Morgan fingerprint density at radius 3 is 2.33 bits per heavy atom. The molecule has 6 heteroatoms. The topological polar surface area (TPSA) is 67.2 Å². The fourth-order valence-corrected chi connectivity index (χ4v) is 4.49. The fourth-order valence-electron chi connectivity index (χ4n) is 4.49. The Kier molecular flexibility index (Phi) is 5.65. The highest BCUT2D eigenvalue weighted by molar-refractivity contribution is 6.06. The summed E-state index contributed by atoms with van der Waals surface area (Å²) in [5, 5.41) is 9.12. The first kappa shape index (κ1) is 20.9. The van der Waals surface area contributed by atoms with Crippen molar-refractivity contribution in [3.05, 3.63) is 88.7 Å². The SMILES string of the molecule is Cn1nc(-c2ccc(N3CCCCC3)c(NC(=O)c3ccccc3)c2)c2ccccc2c1=O. The van der Waals surface area contributed by atoms with Gasteiger partial charge >= 0.3 is 0 Å². The monoisotopic (exact) mass is 438 g/mol. The number of anilines is 2. The van der Waals surface area contributed by atoms with Crippen molar-refractivity contribution in [3.63, 3.8) is 0 Å². The second-order valence-electron chi connectivity index (χ2n) is 8.42. The van der Waals surface area contributed by atoms with Crippen LogP contribution in [0.1, 0.15) is 29.6 Å². The van der Waals surface area contributed by atoms with Gasteiger partial charge in [-0.2, -0.15) is 5.10 Å². The van der Waals surface area contributed by atoms with Crippen molar-refractivity contribution in [2.24, 2.45) is 7.05 Å². The van der Waals surface area contributed by atoms with E-state index in [1.165, 1.54) is 11.1 Å². The van der Waals surface area contributed by atoms with Crippen LogP contribution in [0.2, 0.25) is 0 Å². The molecule has 0 saturated carbocycles. The molecule has 0 spiro atoms. The third-order valence-corrected chi connectivity index (χ3v) is 6.21. The number of piperidine rings is 1. The molecule has 0 radical (unpaired) electrons. The molecule has 1 fully saturated rings. The summed E-state index contributed by atoms with van der Waals surface area (Å²) in [6.07, 6.45) is 3.51. The van der Waals surface area contributed by atoms with Gasteiger partial charge in [0.25, 0.3) is 11.5 Å². The first-order chi connectivity index (χ1) is 16.1. The van der Waals surface area contributed by atoms with Crippen LogP contribution in [0.3, 0.4) is 0 Å². The number of fused-ring (bicyclic) bond motifs is 1. The number of carbonyl (C=O) groups excluding carboxylic acids is 1. The van der Waals surface area contributed by atoms with Crippen molar-refractivity contribution in [1.82, 2.24) is 9.78 Å². The Bertz CT molecular complexity index is 1370. The average molecular weight is 439 g/mol. The van der Waals surface area contributed by atoms with Crippen molar-refractivity contribution in [2.45, 2.75) is 19.3 Å². The van der Waals surface area contributed by atoms with E-state index in [2.05, 4.69) is 21.4 Å². The van der Waals surface area contributed by atoms with Gasteiger partial charge in [-0.1, -0.05) is 42.5 Å². The van der Waals surface area contributed by atoms with Gasteiger partial charge in [0.15, 0.2) is 0 Å². The minimum Gasteiger partial charge on any atom is -0.370 e. The molecule has 166 valence electrons. The Hall–Kier alpha value is -3.93. The summed E-state index contributed by atoms with van der Waals surface area (Å²) >= 11 is 0. The minimum absolute atomic E-state index is 0.128. The molecule has 2 heterocycles. The highest BCUT2D eigenvalue weighted by Crippen LogP contribution is 2.34. The van der Waals surface area contributed by atoms with Crippen LogP contribution in [0.25, 0.3) is 22.0 Å². The maximum absolute atomic E-state index is 13.0. The number of carbonyl (C=O) groups is 1. The lowest BCUT2D eigenvalue weighted by atomic mass is 10.0. The number of aryl methyl sites for hydroxylation is 1. The molecular formula is C27H26N4O2. The molecule has 1 aromatic heterocycles. The van der Waals surface area contributed by atoms with Gasteiger partial charge in [0.1, 0.15) is 0 Å². The van der Waals surface area contributed by atoms with Gasteiger partial charge in [-0.05, 0) is 49.6 Å². The molecule has 5 rings (SSSR count). The van der Waals surface area contributed by atoms with Crippen molar-refractivity contribution >= 4 is 28.1 Å². The number of aromatic nitrogens is 2. The van der Waals surface area contributed by atoms with Crippen molar-refractivity contribution in [2.75, 3.05) is 23.3 Å². The highest BCUT2D eigenvalue weighted by atomic mass is 16.1. The van der Waals surface area contributed by atoms with Gasteiger partial charge in [0.05, 0.1) is 22.5 Å². The molecule has 0 atom stereocenters. The molecule has 3 aromatic carbocycles. The van der Waals surface area contributed by atoms with E-state index in [4.69, 9.17) is 0 Å². The molecule has 33 heavy (non-hydrogen) atoms. The summed E-state index contributed by atoms with van der Waals surface area (Å²) in [5.41, 5.74) is 3.81. The first-order valence-corrected chi connectivity index (χ1v) is 11.3. The summed E-state index contributed by atoms with van der Waals surface area (Å²) in [7, 11) is 1.67. The van der Waals surface area contributed by atoms with Gasteiger partial charge in [-0.25, -0.2) is 4.68 Å². The number of benzene rings is 3. The lowest BCUT2D eigenvalue weighted by Crippen LogP contribution is -2.30. The Morgan fingerprint density at radius 2 is 1.58 bits per heavy atom. The average Bonchev–Trinajstić information content (AvgIpc) is 2.87. The van der Waals surface area contributed by atoms with E-state index in [9.17, 15) is 9.59 Å². The van der Waals surface area contributed by atoms with Crippen LogP contribution in [0.15, 0.2) is 77.6 Å². The lowest BCUT2D eigenvalue weighted by molar-refractivity contribution is 0.102. The zero-order valence-electron chi connectivity index (χ0n) is 18.6. The van der Waals surface area contributed by atoms with Gasteiger partial charge in [0.2, 0.25) is 0 Å². The van der Waals surface area contributed by atoms with Crippen LogP contribution in [0.4, 0.5) is 11.4 Å². The Labute approximate surface area is 192 Å². The molecule has 0 aliphatic carbocycles. The summed E-state index contributed by atoms with van der Waals surface area (Å²) < 4.78 is 1.37. The second-order valence-corrected chi connectivity index (χ2v) is 8.42. The molecule has 1 N–H and O–H groups in total. The first-order valence-electron chi connectivity index (χ1n) is 11.3. The summed E-state index contributed by atoms with van der Waals surface area (Å²) in [4.78, 5) is 27.9. The predicted octanol–water partition coefficient (Wildman–Crippen LogP) is 4.84. The van der Waals surface area contributed by atoms with Gasteiger partial charge in [-0.15, -0.1) is 0 Å². The molecule has 1 saturated heterocycles. The molecule has 6 nitrogen and oxygen atoms in total. The van der Waals surface area contributed by atoms with E-state index in [1.807, 2.05) is 66.7 Å². The van der Waals surface area contributed by atoms with E-state index < -0.39 is 0 Å². The van der Waals surface area contributed by atoms with Crippen LogP contribution in [0, 0.1) is 0 Å². The number of nitrogens with one attached hydrogen (secondary N) is 1. The van der Waals surface area contributed by atoms with Crippen LogP contribution in [0.5, 0.6) is 0 Å². The molecule has 0 unspecified atom stereocenters. The smallest absolute Gasteiger partial charge is 0.274 e. The van der Waals surface area contributed by atoms with Crippen LogP contribution < -0.4 is 15.8 Å². The second kappa shape index (κ2) is 8.90. The molecule has 4 aromatic rings. The van der Waals surface area contributed by atoms with E-state index in [-0.39, 0.29) is 11.5 Å². The molecule has 1 aliphatic rings. The summed E-state index contributed by atoms with van der Waals surface area (Å²) in [5.74, 6) is -0.149. The van der Waals surface area contributed by atoms with Gasteiger partial charge in [0, 0.05) is 36.7 Å². The maximum atomic E-state index is 13.0. The van der Waals surface area contributed by atoms with Crippen molar-refractivity contribution in [1.29, 1.82) is 0 Å². The Morgan fingerprint density at radius 1 is 0.879 bits per heavy atom. The van der Waals surface area contributed by atoms with Crippen LogP contribution >= 0.6 is 0 Å². The minimum atomic E-state index is -0.149. The zero-order chi connectivity index (χ0) is 22.8. The largest absolute Gasteiger partial charge is 0.370 e.